The minimum Gasteiger partial charge on any atom is -0.493 e. The molecule has 7 nitrogen and oxygen atoms in total. The van der Waals surface area contributed by atoms with E-state index in [-0.39, 0.29) is 30.8 Å². The number of hydrogen-bond donors (Lipinski definition) is 1. The molecule has 29 heavy (non-hydrogen) atoms. The van der Waals surface area contributed by atoms with E-state index in [4.69, 9.17) is 9.47 Å². The number of amides is 2. The van der Waals surface area contributed by atoms with Gasteiger partial charge in [-0.3, -0.25) is 14.5 Å². The molecule has 0 radical (unpaired) electrons. The van der Waals surface area contributed by atoms with Crippen molar-refractivity contribution in [3.05, 3.63) is 48.0 Å². The summed E-state index contributed by atoms with van der Waals surface area (Å²) in [5.74, 6) is 1.19. The lowest BCUT2D eigenvalue weighted by molar-refractivity contribution is -0.120. The van der Waals surface area contributed by atoms with Gasteiger partial charge in [0.05, 0.1) is 32.1 Å². The van der Waals surface area contributed by atoms with E-state index in [1.54, 1.807) is 19.1 Å². The van der Waals surface area contributed by atoms with Crippen molar-refractivity contribution in [2.24, 2.45) is 0 Å². The van der Waals surface area contributed by atoms with Gasteiger partial charge in [-0.1, -0.05) is 18.2 Å². The summed E-state index contributed by atoms with van der Waals surface area (Å²) >= 11 is 0. The van der Waals surface area contributed by atoms with Crippen LogP contribution in [-0.4, -0.2) is 50.6 Å². The molecule has 0 saturated heterocycles. The zero-order valence-electron chi connectivity index (χ0n) is 17.3. The third-order valence-corrected chi connectivity index (χ3v) is 4.93. The Morgan fingerprint density at radius 1 is 1.17 bits per heavy atom. The Balaban J connectivity index is 1.74. The summed E-state index contributed by atoms with van der Waals surface area (Å²) in [7, 11) is 5.09. The Bertz CT molecular complexity index is 899. The van der Waals surface area contributed by atoms with Gasteiger partial charge in [0.1, 0.15) is 0 Å². The Morgan fingerprint density at radius 2 is 1.90 bits per heavy atom. The van der Waals surface area contributed by atoms with E-state index in [9.17, 15) is 9.59 Å². The van der Waals surface area contributed by atoms with E-state index in [2.05, 4.69) is 5.32 Å². The third-order valence-electron chi connectivity index (χ3n) is 4.93. The molecule has 3 rings (SSSR count). The average molecular weight is 397 g/mol. The molecule has 0 spiro atoms. The largest absolute Gasteiger partial charge is 0.493 e. The summed E-state index contributed by atoms with van der Waals surface area (Å²) < 4.78 is 10.6. The highest BCUT2D eigenvalue weighted by Crippen LogP contribution is 2.31. The van der Waals surface area contributed by atoms with Crippen LogP contribution in [0.1, 0.15) is 18.9 Å². The highest BCUT2D eigenvalue weighted by atomic mass is 16.5. The molecule has 1 aliphatic rings. The third kappa shape index (κ3) is 4.68. The highest BCUT2D eigenvalue weighted by molar-refractivity contribution is 6.04. The van der Waals surface area contributed by atoms with Crippen LogP contribution in [0, 0.1) is 0 Å². The molecule has 1 unspecified atom stereocenters. The molecule has 154 valence electrons. The summed E-state index contributed by atoms with van der Waals surface area (Å²) in [6.07, 6.45) is 0.264. The summed E-state index contributed by atoms with van der Waals surface area (Å²) in [4.78, 5) is 28.9. The number of carbonyl (C=O) groups is 2. The first-order chi connectivity index (χ1) is 13.9. The van der Waals surface area contributed by atoms with Crippen molar-refractivity contribution < 1.29 is 19.1 Å². The van der Waals surface area contributed by atoms with Gasteiger partial charge in [-0.05, 0) is 43.8 Å². The lowest BCUT2D eigenvalue weighted by Gasteiger charge is -2.29. The van der Waals surface area contributed by atoms with Gasteiger partial charge in [-0.15, -0.1) is 0 Å². The van der Waals surface area contributed by atoms with Crippen LogP contribution >= 0.6 is 0 Å². The number of hydrogen-bond acceptors (Lipinski definition) is 5. The van der Waals surface area contributed by atoms with Gasteiger partial charge in [-0.2, -0.15) is 0 Å². The normalized spacial score (nSPS) is 16.1. The molecule has 1 atom stereocenters. The Morgan fingerprint density at radius 3 is 2.62 bits per heavy atom. The zero-order chi connectivity index (χ0) is 21.0. The lowest BCUT2D eigenvalue weighted by Crippen LogP contribution is -2.44. The number of anilines is 2. The smallest absolute Gasteiger partial charge is 0.241 e. The fourth-order valence-corrected chi connectivity index (χ4v) is 3.62. The van der Waals surface area contributed by atoms with Crippen molar-refractivity contribution in [2.75, 3.05) is 38.0 Å². The molecule has 1 aliphatic heterocycles. The second kappa shape index (κ2) is 8.96. The van der Waals surface area contributed by atoms with E-state index in [0.717, 1.165) is 11.3 Å². The summed E-state index contributed by atoms with van der Waals surface area (Å²) in [5.41, 5.74) is 2.41. The molecule has 0 aromatic heterocycles. The highest BCUT2D eigenvalue weighted by Gasteiger charge is 2.29. The minimum atomic E-state index is -0.222. The van der Waals surface area contributed by atoms with E-state index < -0.39 is 0 Å². The van der Waals surface area contributed by atoms with Crippen LogP contribution in [0.25, 0.3) is 0 Å². The number of benzene rings is 2. The van der Waals surface area contributed by atoms with Gasteiger partial charge < -0.3 is 19.7 Å². The van der Waals surface area contributed by atoms with Crippen LogP contribution in [0.5, 0.6) is 11.5 Å². The molecular formula is C22H27N3O4. The number of nitrogens with zero attached hydrogens (tertiary/aromatic N) is 2. The van der Waals surface area contributed by atoms with Gasteiger partial charge in [0.2, 0.25) is 11.8 Å². The quantitative estimate of drug-likeness (QED) is 0.812. The maximum Gasteiger partial charge on any atom is 0.241 e. The predicted octanol–water partition coefficient (Wildman–Crippen LogP) is 2.90. The molecule has 2 aromatic rings. The fraction of sp³-hybridized carbons (Fsp3) is 0.364. The number of nitrogens with one attached hydrogen (secondary N) is 1. The van der Waals surface area contributed by atoms with Crippen LogP contribution in [0.2, 0.25) is 0 Å². The van der Waals surface area contributed by atoms with E-state index in [1.807, 2.05) is 61.3 Å². The van der Waals surface area contributed by atoms with E-state index in [0.29, 0.717) is 23.7 Å². The predicted molar refractivity (Wildman–Crippen MR) is 113 cm³/mol. The fourth-order valence-electron chi connectivity index (χ4n) is 3.62. The van der Waals surface area contributed by atoms with Crippen molar-refractivity contribution in [3.8, 4) is 11.5 Å². The van der Waals surface area contributed by atoms with Crippen molar-refractivity contribution in [2.45, 2.75) is 25.9 Å². The second-order valence-electron chi connectivity index (χ2n) is 7.24. The topological polar surface area (TPSA) is 71.1 Å². The minimum absolute atomic E-state index is 0.0515. The first-order valence-electron chi connectivity index (χ1n) is 9.53. The number of fused-ring (bicyclic) bond motifs is 1. The van der Waals surface area contributed by atoms with Crippen LogP contribution in [0.15, 0.2) is 42.5 Å². The van der Waals surface area contributed by atoms with Gasteiger partial charge in [-0.25, -0.2) is 0 Å². The monoisotopic (exact) mass is 397 g/mol. The molecule has 0 saturated carbocycles. The van der Waals surface area contributed by atoms with Crippen molar-refractivity contribution >= 4 is 23.2 Å². The second-order valence-corrected chi connectivity index (χ2v) is 7.24. The van der Waals surface area contributed by atoms with Gasteiger partial charge in [0, 0.05) is 19.0 Å². The molecule has 7 heteroatoms. The van der Waals surface area contributed by atoms with Gasteiger partial charge in [0.15, 0.2) is 11.5 Å². The molecule has 2 aromatic carbocycles. The molecule has 0 aliphatic carbocycles. The number of ether oxygens (including phenoxy) is 2. The van der Waals surface area contributed by atoms with E-state index in [1.165, 1.54) is 0 Å². The molecule has 0 bridgehead atoms. The van der Waals surface area contributed by atoms with Crippen molar-refractivity contribution in [3.63, 3.8) is 0 Å². The molecule has 1 heterocycles. The Kier molecular flexibility index (Phi) is 6.39. The van der Waals surface area contributed by atoms with Crippen molar-refractivity contribution in [1.29, 1.82) is 0 Å². The lowest BCUT2D eigenvalue weighted by atomic mass is 10.1. The van der Waals surface area contributed by atoms with Crippen molar-refractivity contribution in [1.82, 2.24) is 4.90 Å². The number of methoxy groups -OCH3 is 2. The Hall–Kier alpha value is -3.06. The number of likely N-dealkylation sites (N-methyl/N-ethyl adjacent to an activating group) is 1. The van der Waals surface area contributed by atoms with E-state index >= 15 is 0 Å². The maximum absolute atomic E-state index is 13.2. The summed E-state index contributed by atoms with van der Waals surface area (Å²) in [5, 5.41) is 2.88. The van der Waals surface area contributed by atoms with Crippen LogP contribution < -0.4 is 19.7 Å². The average Bonchev–Trinajstić information content (AvgIpc) is 2.81. The van der Waals surface area contributed by atoms with Crippen LogP contribution in [-0.2, 0) is 16.1 Å². The number of rotatable bonds is 6. The maximum atomic E-state index is 13.2. The standard InChI is InChI=1S/C22H27N3O4/c1-15-11-21(26)23-17-7-5-6-8-18(17)25(15)22(27)14-24(2)13-16-9-10-19(28-3)20(12-16)29-4/h5-10,12,15H,11,13-14H2,1-4H3,(H,23,26). The van der Waals surface area contributed by atoms with Gasteiger partial charge in [0.25, 0.3) is 0 Å². The molecule has 1 N–H and O–H groups in total. The summed E-state index contributed by atoms with van der Waals surface area (Å²) in [6, 6.07) is 12.9. The first-order valence-corrected chi connectivity index (χ1v) is 9.53. The summed E-state index contributed by atoms with van der Waals surface area (Å²) in [6.45, 7) is 2.70. The SMILES string of the molecule is COc1ccc(CN(C)CC(=O)N2c3ccccc3NC(=O)CC2C)cc1OC. The van der Waals surface area contributed by atoms with Crippen LogP contribution in [0.3, 0.4) is 0 Å². The molecular weight excluding hydrogens is 370 g/mol. The first kappa shape index (κ1) is 20.7. The number of carbonyl (C=O) groups excluding carboxylic acids is 2. The molecule has 0 fully saturated rings. The molecule has 2 amide bonds. The van der Waals surface area contributed by atoms with Gasteiger partial charge >= 0.3 is 0 Å². The number of para-hydroxylation sites is 2. The zero-order valence-corrected chi connectivity index (χ0v) is 17.3. The Labute approximate surface area is 171 Å². The van der Waals surface area contributed by atoms with Crippen LogP contribution in [0.4, 0.5) is 11.4 Å².